The maximum absolute atomic E-state index is 13.1. The first-order chi connectivity index (χ1) is 13.1. The Labute approximate surface area is 168 Å². The monoisotopic (exact) mass is 423 g/mol. The van der Waals surface area contributed by atoms with Crippen LogP contribution in [0.5, 0.6) is 0 Å². The molecular weight excluding hydrogens is 405 g/mol. The van der Waals surface area contributed by atoms with Gasteiger partial charge >= 0.3 is 5.97 Å². The summed E-state index contributed by atoms with van der Waals surface area (Å²) in [4.78, 5) is 11.9. The average molecular weight is 424 g/mol. The second kappa shape index (κ2) is 9.14. The number of carbonyl (C=O) groups is 1. The number of carbonyl (C=O) groups excluding carboxylic acids is 1. The lowest BCUT2D eigenvalue weighted by molar-refractivity contribution is -0.136. The highest BCUT2D eigenvalue weighted by Crippen LogP contribution is 2.22. The predicted molar refractivity (Wildman–Crippen MR) is 107 cm³/mol. The molecule has 0 aromatic heterocycles. The molecule has 0 bridgehead atoms. The molecule has 0 fully saturated rings. The molecule has 0 aliphatic rings. The molecule has 2 rings (SSSR count). The molecule has 0 spiro atoms. The van der Waals surface area contributed by atoms with Crippen LogP contribution >= 0.6 is 11.6 Å². The van der Waals surface area contributed by atoms with Crippen LogP contribution in [0.15, 0.2) is 71.7 Å². The average Bonchev–Trinajstić information content (AvgIpc) is 2.66. The summed E-state index contributed by atoms with van der Waals surface area (Å²) in [6, 6.07) is 10.3. The van der Waals surface area contributed by atoms with Crippen molar-refractivity contribution in [2.24, 2.45) is 0 Å². The highest BCUT2D eigenvalue weighted by atomic mass is 35.5. The van der Waals surface area contributed by atoms with Gasteiger partial charge in [-0.15, -0.1) is 0 Å². The molecule has 0 heterocycles. The molecule has 8 heteroatoms. The van der Waals surface area contributed by atoms with Gasteiger partial charge in [-0.25, -0.2) is 17.6 Å². The minimum atomic E-state index is -3.98. The lowest BCUT2D eigenvalue weighted by atomic mass is 10.1. The zero-order valence-electron chi connectivity index (χ0n) is 15.3. The van der Waals surface area contributed by atoms with E-state index in [0.717, 1.165) is 12.7 Å². The summed E-state index contributed by atoms with van der Waals surface area (Å²) in [6.07, 6.45) is 1.31. The summed E-state index contributed by atoms with van der Waals surface area (Å²) in [5.41, 5.74) is 1.19. The summed E-state index contributed by atoms with van der Waals surface area (Å²) in [7, 11) is -2.82. The predicted octanol–water partition coefficient (Wildman–Crippen LogP) is 3.79. The number of benzene rings is 2. The van der Waals surface area contributed by atoms with Gasteiger partial charge in [0.15, 0.2) is 0 Å². The second-order valence-corrected chi connectivity index (χ2v) is 8.07. The lowest BCUT2D eigenvalue weighted by Gasteiger charge is -2.17. The van der Waals surface area contributed by atoms with E-state index in [-0.39, 0.29) is 15.5 Å². The van der Waals surface area contributed by atoms with Crippen molar-refractivity contribution in [3.05, 3.63) is 83.7 Å². The molecular formula is C20H19ClFNO4S. The molecule has 0 aliphatic heterocycles. The van der Waals surface area contributed by atoms with Crippen molar-refractivity contribution in [2.45, 2.75) is 17.9 Å². The zero-order valence-corrected chi connectivity index (χ0v) is 16.9. The van der Waals surface area contributed by atoms with Crippen molar-refractivity contribution < 1.29 is 22.3 Å². The molecule has 0 aliphatic carbocycles. The molecule has 148 valence electrons. The summed E-state index contributed by atoms with van der Waals surface area (Å²) in [5.74, 6) is -1.24. The molecule has 1 atom stereocenters. The minimum Gasteiger partial charge on any atom is -0.466 e. The molecule has 0 amide bonds. The largest absolute Gasteiger partial charge is 0.466 e. The molecule has 1 unspecified atom stereocenters. The number of halogens is 2. The van der Waals surface area contributed by atoms with Gasteiger partial charge in [-0.2, -0.15) is 4.72 Å². The number of aryl methyl sites for hydroxylation is 1. The summed E-state index contributed by atoms with van der Waals surface area (Å²) in [6.45, 7) is 5.44. The van der Waals surface area contributed by atoms with Gasteiger partial charge in [-0.05, 0) is 42.8 Å². The molecule has 28 heavy (non-hydrogen) atoms. The number of esters is 1. The van der Waals surface area contributed by atoms with Crippen molar-refractivity contribution >= 4 is 32.6 Å². The topological polar surface area (TPSA) is 72.5 Å². The number of nitrogens with one attached hydrogen (secondary N) is 1. The number of rotatable bonds is 7. The van der Waals surface area contributed by atoms with Crippen molar-refractivity contribution in [2.75, 3.05) is 7.11 Å². The summed E-state index contributed by atoms with van der Waals surface area (Å²) >= 11 is 6.25. The smallest absolute Gasteiger partial charge is 0.335 e. The summed E-state index contributed by atoms with van der Waals surface area (Å²) in [5, 5.41) is 0.113. The van der Waals surface area contributed by atoms with Crippen LogP contribution in [0.1, 0.15) is 11.1 Å². The van der Waals surface area contributed by atoms with Gasteiger partial charge in [0.25, 0.3) is 0 Å². The Morgan fingerprint density at radius 2 is 1.75 bits per heavy atom. The molecule has 2 aromatic carbocycles. The van der Waals surface area contributed by atoms with Gasteiger partial charge in [-0.1, -0.05) is 48.0 Å². The number of ether oxygens (including phenoxy) is 1. The first-order valence-corrected chi connectivity index (χ1v) is 9.99. The van der Waals surface area contributed by atoms with Crippen LogP contribution in [0.2, 0.25) is 0 Å². The van der Waals surface area contributed by atoms with Gasteiger partial charge in [0.1, 0.15) is 5.82 Å². The van der Waals surface area contributed by atoms with Gasteiger partial charge in [0.2, 0.25) is 10.0 Å². The van der Waals surface area contributed by atoms with E-state index < -0.39 is 27.9 Å². The fourth-order valence-electron chi connectivity index (χ4n) is 2.27. The quantitative estimate of drug-likeness (QED) is 0.543. The SMILES string of the molecule is C=C(C(=O)OC)C(/C=C(\Cl)c1ccc(F)cc1)NS(=O)(=O)c1ccc(C)cc1. The van der Waals surface area contributed by atoms with Crippen LogP contribution in [0.4, 0.5) is 4.39 Å². The van der Waals surface area contributed by atoms with Gasteiger partial charge < -0.3 is 4.74 Å². The van der Waals surface area contributed by atoms with Gasteiger partial charge in [0, 0.05) is 5.03 Å². The standard InChI is InChI=1S/C20H19ClFNO4S/c1-13-4-10-17(11-5-13)28(25,26)23-19(14(2)20(24)27-3)12-18(21)15-6-8-16(22)9-7-15/h4-12,19,23H,2H2,1,3H3/b18-12-. The van der Waals surface area contributed by atoms with Crippen molar-refractivity contribution in [1.82, 2.24) is 4.72 Å². The number of methoxy groups -OCH3 is 1. The second-order valence-electron chi connectivity index (χ2n) is 5.95. The van der Waals surface area contributed by atoms with Crippen LogP contribution in [-0.4, -0.2) is 27.5 Å². The maximum atomic E-state index is 13.1. The van der Waals surface area contributed by atoms with E-state index >= 15 is 0 Å². The fourth-order valence-corrected chi connectivity index (χ4v) is 3.70. The third-order valence-electron chi connectivity index (χ3n) is 3.87. The van der Waals surface area contributed by atoms with Crippen LogP contribution in [0.25, 0.3) is 5.03 Å². The van der Waals surface area contributed by atoms with Crippen molar-refractivity contribution in [3.63, 3.8) is 0 Å². The molecule has 0 saturated carbocycles. The van der Waals surface area contributed by atoms with Gasteiger partial charge in [0.05, 0.1) is 23.6 Å². The van der Waals surface area contributed by atoms with Gasteiger partial charge in [-0.3, -0.25) is 0 Å². The zero-order chi connectivity index (χ0) is 20.9. The van der Waals surface area contributed by atoms with E-state index in [0.29, 0.717) is 5.56 Å². The Morgan fingerprint density at radius 3 is 2.29 bits per heavy atom. The van der Waals surface area contributed by atoms with E-state index in [1.54, 1.807) is 12.1 Å². The van der Waals surface area contributed by atoms with Crippen molar-refractivity contribution in [1.29, 1.82) is 0 Å². The van der Waals surface area contributed by atoms with E-state index in [1.165, 1.54) is 42.5 Å². The van der Waals surface area contributed by atoms with Crippen LogP contribution in [0.3, 0.4) is 0 Å². The highest BCUT2D eigenvalue weighted by molar-refractivity contribution is 7.89. The van der Waals surface area contributed by atoms with Crippen LogP contribution < -0.4 is 4.72 Å². The first-order valence-electron chi connectivity index (χ1n) is 8.13. The number of sulfonamides is 1. The molecule has 5 nitrogen and oxygen atoms in total. The molecule has 2 aromatic rings. The molecule has 0 saturated heterocycles. The third kappa shape index (κ3) is 5.51. The Kier molecular flexibility index (Phi) is 7.12. The third-order valence-corrected chi connectivity index (χ3v) is 5.67. The van der Waals surface area contributed by atoms with E-state index in [2.05, 4.69) is 16.0 Å². The lowest BCUT2D eigenvalue weighted by Crippen LogP contribution is -2.37. The van der Waals surface area contributed by atoms with E-state index in [4.69, 9.17) is 11.6 Å². The van der Waals surface area contributed by atoms with E-state index in [9.17, 15) is 17.6 Å². The number of hydrogen-bond acceptors (Lipinski definition) is 4. The maximum Gasteiger partial charge on any atom is 0.335 e. The Bertz CT molecular complexity index is 1000. The molecule has 0 radical (unpaired) electrons. The normalized spacial score (nSPS) is 13.1. The Morgan fingerprint density at radius 1 is 1.18 bits per heavy atom. The Hall–Kier alpha value is -2.48. The van der Waals surface area contributed by atoms with Crippen LogP contribution in [-0.2, 0) is 19.6 Å². The highest BCUT2D eigenvalue weighted by Gasteiger charge is 2.25. The number of hydrogen-bond donors (Lipinski definition) is 1. The minimum absolute atomic E-state index is 0.0204. The van der Waals surface area contributed by atoms with E-state index in [1.807, 2.05) is 6.92 Å². The fraction of sp³-hybridized carbons (Fsp3) is 0.150. The molecule has 1 N–H and O–H groups in total. The summed E-state index contributed by atoms with van der Waals surface area (Å²) < 4.78 is 45.5. The first kappa shape index (κ1) is 21.8. The van der Waals surface area contributed by atoms with Crippen molar-refractivity contribution in [3.8, 4) is 0 Å². The van der Waals surface area contributed by atoms with Crippen LogP contribution in [0, 0.1) is 12.7 Å². The Balaban J connectivity index is 2.40.